The van der Waals surface area contributed by atoms with Crippen molar-refractivity contribution in [2.75, 3.05) is 0 Å². The van der Waals surface area contributed by atoms with Crippen LogP contribution in [0.1, 0.15) is 24.0 Å². The fourth-order valence-corrected chi connectivity index (χ4v) is 2.59. The number of benzene rings is 2. The molecule has 2 aromatic carbocycles. The molecular weight excluding hydrogens is 214 g/mol. The van der Waals surface area contributed by atoms with Crippen LogP contribution in [0.4, 0.5) is 5.69 Å². The molecule has 1 aliphatic carbocycles. The van der Waals surface area contributed by atoms with E-state index in [1.807, 2.05) is 6.07 Å². The summed E-state index contributed by atoms with van der Waals surface area (Å²) < 4.78 is 0. The van der Waals surface area contributed by atoms with Gasteiger partial charge in [-0.05, 0) is 53.6 Å². The van der Waals surface area contributed by atoms with Gasteiger partial charge in [0, 0.05) is 12.1 Å². The average Bonchev–Trinajstić information content (AvgIpc) is 2.35. The molecular formula is C14H13NO2. The number of fused-ring (bicyclic) bond motifs is 2. The number of nitro benzene ring substituents is 1. The van der Waals surface area contributed by atoms with Gasteiger partial charge in [-0.1, -0.05) is 12.1 Å². The summed E-state index contributed by atoms with van der Waals surface area (Å²) in [5, 5.41) is 12.8. The maximum Gasteiger partial charge on any atom is 0.270 e. The first-order valence-electron chi connectivity index (χ1n) is 5.94. The van der Waals surface area contributed by atoms with E-state index >= 15 is 0 Å². The standard InChI is InChI=1S/C14H13NO2/c16-15(17)14-6-5-12-7-10-3-1-2-4-11(10)8-13(12)9-14/h5-9H,1-4H2. The molecule has 0 aromatic heterocycles. The van der Waals surface area contributed by atoms with Crippen molar-refractivity contribution >= 4 is 16.5 Å². The number of rotatable bonds is 1. The van der Waals surface area contributed by atoms with Gasteiger partial charge >= 0.3 is 0 Å². The lowest BCUT2D eigenvalue weighted by molar-refractivity contribution is -0.384. The molecule has 0 saturated carbocycles. The highest BCUT2D eigenvalue weighted by Crippen LogP contribution is 2.28. The van der Waals surface area contributed by atoms with Crippen molar-refractivity contribution in [3.8, 4) is 0 Å². The molecule has 0 aliphatic heterocycles. The number of hydrogen-bond donors (Lipinski definition) is 0. The minimum atomic E-state index is -0.334. The number of hydrogen-bond acceptors (Lipinski definition) is 2. The van der Waals surface area contributed by atoms with Crippen LogP contribution in [0, 0.1) is 10.1 Å². The second kappa shape index (κ2) is 3.84. The first kappa shape index (κ1) is 10.3. The molecule has 0 atom stereocenters. The molecule has 0 unspecified atom stereocenters. The zero-order chi connectivity index (χ0) is 11.8. The number of non-ortho nitro benzene ring substituents is 1. The van der Waals surface area contributed by atoms with E-state index in [4.69, 9.17) is 0 Å². The van der Waals surface area contributed by atoms with E-state index in [2.05, 4.69) is 12.1 Å². The van der Waals surface area contributed by atoms with E-state index in [0.29, 0.717) is 0 Å². The predicted octanol–water partition coefficient (Wildman–Crippen LogP) is 3.63. The van der Waals surface area contributed by atoms with E-state index in [-0.39, 0.29) is 10.6 Å². The van der Waals surface area contributed by atoms with Gasteiger partial charge in [-0.15, -0.1) is 0 Å². The van der Waals surface area contributed by atoms with Gasteiger partial charge in [-0.3, -0.25) is 10.1 Å². The Hall–Kier alpha value is -1.90. The van der Waals surface area contributed by atoms with E-state index in [1.165, 1.54) is 24.0 Å². The molecule has 1 aliphatic rings. The summed E-state index contributed by atoms with van der Waals surface area (Å²) in [7, 11) is 0. The van der Waals surface area contributed by atoms with Crippen molar-refractivity contribution in [3.05, 3.63) is 51.6 Å². The van der Waals surface area contributed by atoms with Gasteiger partial charge in [0.05, 0.1) is 4.92 Å². The van der Waals surface area contributed by atoms with Crippen LogP contribution in [0.15, 0.2) is 30.3 Å². The van der Waals surface area contributed by atoms with Gasteiger partial charge in [0.2, 0.25) is 0 Å². The fraction of sp³-hybridized carbons (Fsp3) is 0.286. The molecule has 0 bridgehead atoms. The highest BCUT2D eigenvalue weighted by Gasteiger charge is 2.12. The first-order valence-corrected chi connectivity index (χ1v) is 5.94. The van der Waals surface area contributed by atoms with Crippen LogP contribution < -0.4 is 0 Å². The lowest BCUT2D eigenvalue weighted by atomic mass is 9.89. The summed E-state index contributed by atoms with van der Waals surface area (Å²) in [5.74, 6) is 0. The lowest BCUT2D eigenvalue weighted by Crippen LogP contribution is -2.02. The van der Waals surface area contributed by atoms with Crippen molar-refractivity contribution in [1.82, 2.24) is 0 Å². The van der Waals surface area contributed by atoms with E-state index in [0.717, 1.165) is 23.6 Å². The highest BCUT2D eigenvalue weighted by molar-refractivity contribution is 5.86. The number of nitro groups is 1. The van der Waals surface area contributed by atoms with Crippen molar-refractivity contribution in [1.29, 1.82) is 0 Å². The SMILES string of the molecule is O=[N+]([O-])c1ccc2cc3c(cc2c1)CCCC3. The first-order chi connectivity index (χ1) is 8.24. The largest absolute Gasteiger partial charge is 0.270 e. The molecule has 2 aromatic rings. The molecule has 3 heteroatoms. The van der Waals surface area contributed by atoms with Crippen molar-refractivity contribution in [3.63, 3.8) is 0 Å². The van der Waals surface area contributed by atoms with Crippen LogP contribution >= 0.6 is 0 Å². The van der Waals surface area contributed by atoms with E-state index in [1.54, 1.807) is 12.1 Å². The maximum atomic E-state index is 10.7. The average molecular weight is 227 g/mol. The second-order valence-corrected chi connectivity index (χ2v) is 4.62. The van der Waals surface area contributed by atoms with E-state index in [9.17, 15) is 10.1 Å². The third-order valence-electron chi connectivity index (χ3n) is 3.50. The molecule has 0 fully saturated rings. The number of aryl methyl sites for hydroxylation is 2. The van der Waals surface area contributed by atoms with Gasteiger partial charge in [0.15, 0.2) is 0 Å². The summed E-state index contributed by atoms with van der Waals surface area (Å²) in [6.45, 7) is 0. The molecule has 17 heavy (non-hydrogen) atoms. The summed E-state index contributed by atoms with van der Waals surface area (Å²) >= 11 is 0. The van der Waals surface area contributed by atoms with E-state index < -0.39 is 0 Å². The van der Waals surface area contributed by atoms with Crippen molar-refractivity contribution < 1.29 is 4.92 Å². The monoisotopic (exact) mass is 227 g/mol. The molecule has 0 heterocycles. The predicted molar refractivity (Wildman–Crippen MR) is 67.2 cm³/mol. The summed E-state index contributed by atoms with van der Waals surface area (Å²) in [6, 6.07) is 9.41. The van der Waals surface area contributed by atoms with Gasteiger partial charge in [-0.25, -0.2) is 0 Å². The molecule has 0 amide bonds. The summed E-state index contributed by atoms with van der Waals surface area (Å²) in [6.07, 6.45) is 4.73. The molecule has 0 saturated heterocycles. The van der Waals surface area contributed by atoms with Gasteiger partial charge < -0.3 is 0 Å². The Morgan fingerprint density at radius 3 is 2.24 bits per heavy atom. The zero-order valence-corrected chi connectivity index (χ0v) is 9.48. The Kier molecular flexibility index (Phi) is 2.32. The maximum absolute atomic E-state index is 10.7. The minimum Gasteiger partial charge on any atom is -0.258 e. The Labute approximate surface area is 99.2 Å². The lowest BCUT2D eigenvalue weighted by Gasteiger charge is -2.16. The summed E-state index contributed by atoms with van der Waals surface area (Å²) in [5.41, 5.74) is 2.95. The van der Waals surface area contributed by atoms with Crippen LogP contribution in [0.5, 0.6) is 0 Å². The Bertz CT molecular complexity index is 604. The topological polar surface area (TPSA) is 43.1 Å². The summed E-state index contributed by atoms with van der Waals surface area (Å²) in [4.78, 5) is 10.4. The normalized spacial score (nSPS) is 14.6. The van der Waals surface area contributed by atoms with Gasteiger partial charge in [-0.2, -0.15) is 0 Å². The molecule has 3 rings (SSSR count). The number of nitrogens with zero attached hydrogens (tertiary/aromatic N) is 1. The fourth-order valence-electron chi connectivity index (χ4n) is 2.59. The Morgan fingerprint density at radius 2 is 1.59 bits per heavy atom. The Balaban J connectivity index is 2.20. The van der Waals surface area contributed by atoms with Crippen LogP contribution in [0.25, 0.3) is 10.8 Å². The van der Waals surface area contributed by atoms with Crippen molar-refractivity contribution in [2.24, 2.45) is 0 Å². The third kappa shape index (κ3) is 1.78. The zero-order valence-electron chi connectivity index (χ0n) is 9.48. The molecule has 3 nitrogen and oxygen atoms in total. The van der Waals surface area contributed by atoms with Crippen LogP contribution in [0.3, 0.4) is 0 Å². The molecule has 0 N–H and O–H groups in total. The minimum absolute atomic E-state index is 0.174. The smallest absolute Gasteiger partial charge is 0.258 e. The van der Waals surface area contributed by atoms with Crippen LogP contribution in [-0.2, 0) is 12.8 Å². The Morgan fingerprint density at radius 1 is 0.941 bits per heavy atom. The highest BCUT2D eigenvalue weighted by atomic mass is 16.6. The van der Waals surface area contributed by atoms with Crippen molar-refractivity contribution in [2.45, 2.75) is 25.7 Å². The molecule has 86 valence electrons. The van der Waals surface area contributed by atoms with Crippen LogP contribution in [-0.4, -0.2) is 4.92 Å². The molecule has 0 radical (unpaired) electrons. The van der Waals surface area contributed by atoms with Gasteiger partial charge in [0.25, 0.3) is 5.69 Å². The second-order valence-electron chi connectivity index (χ2n) is 4.62. The molecule has 0 spiro atoms. The van der Waals surface area contributed by atoms with Gasteiger partial charge in [0.1, 0.15) is 0 Å². The third-order valence-corrected chi connectivity index (χ3v) is 3.50. The van der Waals surface area contributed by atoms with Crippen LogP contribution in [0.2, 0.25) is 0 Å². The quantitative estimate of drug-likeness (QED) is 0.551.